The first-order valence-electron chi connectivity index (χ1n) is 10.7. The van der Waals surface area contributed by atoms with Gasteiger partial charge in [-0.2, -0.15) is 5.10 Å². The number of aromatic nitrogens is 4. The Morgan fingerprint density at radius 3 is 2.36 bits per heavy atom. The smallest absolute Gasteiger partial charge is 0.280 e. The van der Waals surface area contributed by atoms with Crippen molar-refractivity contribution in [2.75, 3.05) is 5.32 Å². The molecule has 0 bridgehead atoms. The Bertz CT molecular complexity index is 1500. The van der Waals surface area contributed by atoms with Crippen molar-refractivity contribution in [1.82, 2.24) is 19.7 Å². The summed E-state index contributed by atoms with van der Waals surface area (Å²) in [5, 5.41) is 7.53. The first kappa shape index (κ1) is 20.4. The number of carbonyl (C=O) groups is 1. The topological polar surface area (TPSA) is 92.7 Å². The van der Waals surface area contributed by atoms with E-state index < -0.39 is 11.5 Å². The van der Waals surface area contributed by atoms with Crippen molar-refractivity contribution < 1.29 is 4.79 Å². The summed E-state index contributed by atoms with van der Waals surface area (Å²) in [6.07, 6.45) is 1.60. The van der Waals surface area contributed by atoms with Crippen molar-refractivity contribution >= 4 is 22.6 Å². The molecule has 7 heteroatoms. The van der Waals surface area contributed by atoms with Gasteiger partial charge in [0.15, 0.2) is 0 Å². The molecule has 0 aliphatic carbocycles. The minimum Gasteiger partial charge on any atom is -0.345 e. The number of carbonyl (C=O) groups excluding carboxylic acids is 1. The molecule has 0 radical (unpaired) electrons. The highest BCUT2D eigenvalue weighted by Crippen LogP contribution is 2.32. The third-order valence-corrected chi connectivity index (χ3v) is 5.47. The molecule has 0 fully saturated rings. The van der Waals surface area contributed by atoms with Crippen molar-refractivity contribution in [1.29, 1.82) is 0 Å². The Labute approximate surface area is 189 Å². The van der Waals surface area contributed by atoms with E-state index in [2.05, 4.69) is 20.4 Å². The SMILES string of the molecule is CCn1nc(-c2ccccc2)c(-c2ccccc2)c(C(=O)Nc2ccc3nc[nH]c3c2)c1=O. The second-order valence-electron chi connectivity index (χ2n) is 7.54. The van der Waals surface area contributed by atoms with E-state index in [-0.39, 0.29) is 5.56 Å². The normalized spacial score (nSPS) is 10.9. The van der Waals surface area contributed by atoms with Gasteiger partial charge in [0.1, 0.15) is 5.56 Å². The number of rotatable bonds is 5. The first-order valence-corrected chi connectivity index (χ1v) is 10.7. The Kier molecular flexibility index (Phi) is 5.28. The fourth-order valence-electron chi connectivity index (χ4n) is 3.89. The number of aryl methyl sites for hydroxylation is 1. The molecule has 0 unspecified atom stereocenters. The molecule has 1 amide bonds. The number of imidazole rings is 1. The maximum atomic E-state index is 13.6. The van der Waals surface area contributed by atoms with Gasteiger partial charge < -0.3 is 10.3 Å². The number of nitrogens with one attached hydrogen (secondary N) is 2. The fourth-order valence-corrected chi connectivity index (χ4v) is 3.89. The summed E-state index contributed by atoms with van der Waals surface area (Å²) in [5.41, 5.74) is 4.44. The Balaban J connectivity index is 1.72. The molecule has 5 aromatic rings. The molecule has 0 saturated heterocycles. The summed E-state index contributed by atoms with van der Waals surface area (Å²) in [6, 6.07) is 24.4. The molecule has 2 heterocycles. The molecule has 162 valence electrons. The molecule has 33 heavy (non-hydrogen) atoms. The highest BCUT2D eigenvalue weighted by atomic mass is 16.2. The van der Waals surface area contributed by atoms with E-state index in [0.717, 1.165) is 22.2 Å². The summed E-state index contributed by atoms with van der Waals surface area (Å²) >= 11 is 0. The van der Waals surface area contributed by atoms with Crippen molar-refractivity contribution in [3.05, 3.63) is 101 Å². The number of hydrogen-bond acceptors (Lipinski definition) is 4. The van der Waals surface area contributed by atoms with Crippen LogP contribution in [0.1, 0.15) is 17.3 Å². The van der Waals surface area contributed by atoms with Crippen LogP contribution in [-0.4, -0.2) is 25.7 Å². The maximum absolute atomic E-state index is 13.6. The number of fused-ring (bicyclic) bond motifs is 1. The average molecular weight is 435 g/mol. The predicted octanol–water partition coefficient (Wildman–Crippen LogP) is 4.73. The van der Waals surface area contributed by atoms with Crippen molar-refractivity contribution in [3.63, 3.8) is 0 Å². The third kappa shape index (κ3) is 3.80. The molecular weight excluding hydrogens is 414 g/mol. The second kappa shape index (κ2) is 8.55. The molecule has 3 aromatic carbocycles. The molecule has 0 aliphatic heterocycles. The molecule has 0 aliphatic rings. The van der Waals surface area contributed by atoms with Crippen LogP contribution in [0.15, 0.2) is 90.0 Å². The molecule has 2 N–H and O–H groups in total. The maximum Gasteiger partial charge on any atom is 0.280 e. The predicted molar refractivity (Wildman–Crippen MR) is 129 cm³/mol. The summed E-state index contributed by atoms with van der Waals surface area (Å²) in [7, 11) is 0. The number of aromatic amines is 1. The minimum atomic E-state index is -0.487. The van der Waals surface area contributed by atoms with Crippen LogP contribution in [0.3, 0.4) is 0 Å². The minimum absolute atomic E-state index is 0.0570. The average Bonchev–Trinajstić information content (AvgIpc) is 3.32. The molecule has 0 saturated carbocycles. The summed E-state index contributed by atoms with van der Waals surface area (Å²) in [5.74, 6) is -0.487. The quantitative estimate of drug-likeness (QED) is 0.418. The molecule has 0 spiro atoms. The van der Waals surface area contributed by atoms with Crippen LogP contribution in [-0.2, 0) is 6.54 Å². The number of amides is 1. The van der Waals surface area contributed by atoms with Crippen LogP contribution in [0.4, 0.5) is 5.69 Å². The molecular formula is C26H21N5O2. The zero-order valence-electron chi connectivity index (χ0n) is 17.9. The van der Waals surface area contributed by atoms with Gasteiger partial charge in [-0.15, -0.1) is 0 Å². The van der Waals surface area contributed by atoms with E-state index >= 15 is 0 Å². The number of benzene rings is 3. The zero-order valence-corrected chi connectivity index (χ0v) is 17.9. The van der Waals surface area contributed by atoms with Gasteiger partial charge in [0.25, 0.3) is 11.5 Å². The van der Waals surface area contributed by atoms with Crippen molar-refractivity contribution in [2.24, 2.45) is 0 Å². The van der Waals surface area contributed by atoms with E-state index in [1.54, 1.807) is 18.5 Å². The summed E-state index contributed by atoms with van der Waals surface area (Å²) < 4.78 is 1.34. The molecule has 7 nitrogen and oxygen atoms in total. The van der Waals surface area contributed by atoms with Crippen molar-refractivity contribution in [3.8, 4) is 22.4 Å². The lowest BCUT2D eigenvalue weighted by Gasteiger charge is -2.17. The van der Waals surface area contributed by atoms with Gasteiger partial charge in [-0.25, -0.2) is 9.67 Å². The Morgan fingerprint density at radius 1 is 0.970 bits per heavy atom. The number of hydrogen-bond donors (Lipinski definition) is 2. The van der Waals surface area contributed by atoms with Gasteiger partial charge in [-0.3, -0.25) is 9.59 Å². The van der Waals surface area contributed by atoms with E-state index in [9.17, 15) is 9.59 Å². The van der Waals surface area contributed by atoms with Gasteiger partial charge in [-0.1, -0.05) is 60.7 Å². The van der Waals surface area contributed by atoms with Crippen LogP contribution in [0.2, 0.25) is 0 Å². The highest BCUT2D eigenvalue weighted by Gasteiger charge is 2.25. The lowest BCUT2D eigenvalue weighted by molar-refractivity contribution is 0.102. The largest absolute Gasteiger partial charge is 0.345 e. The lowest BCUT2D eigenvalue weighted by Crippen LogP contribution is -2.32. The molecule has 0 atom stereocenters. The highest BCUT2D eigenvalue weighted by molar-refractivity contribution is 6.10. The van der Waals surface area contributed by atoms with E-state index in [0.29, 0.717) is 23.5 Å². The Morgan fingerprint density at radius 2 is 1.67 bits per heavy atom. The molecule has 2 aromatic heterocycles. The number of nitrogens with zero attached hydrogens (tertiary/aromatic N) is 3. The van der Waals surface area contributed by atoms with E-state index in [1.165, 1.54) is 4.68 Å². The third-order valence-electron chi connectivity index (χ3n) is 5.47. The monoisotopic (exact) mass is 435 g/mol. The lowest BCUT2D eigenvalue weighted by atomic mass is 9.95. The van der Waals surface area contributed by atoms with Crippen molar-refractivity contribution in [2.45, 2.75) is 13.5 Å². The van der Waals surface area contributed by atoms with Gasteiger partial charge in [0.2, 0.25) is 0 Å². The number of H-pyrrole nitrogens is 1. The van der Waals surface area contributed by atoms with Crippen LogP contribution < -0.4 is 10.9 Å². The van der Waals surface area contributed by atoms with E-state index in [4.69, 9.17) is 0 Å². The summed E-state index contributed by atoms with van der Waals surface area (Å²) in [6.45, 7) is 2.17. The second-order valence-corrected chi connectivity index (χ2v) is 7.54. The van der Waals surface area contributed by atoms with Crippen LogP contribution >= 0.6 is 0 Å². The number of anilines is 1. The van der Waals surface area contributed by atoms with E-state index in [1.807, 2.05) is 73.7 Å². The van der Waals surface area contributed by atoms with Gasteiger partial charge in [0.05, 0.1) is 23.1 Å². The fraction of sp³-hybridized carbons (Fsp3) is 0.0769. The first-order chi connectivity index (χ1) is 16.2. The Hall–Kier alpha value is -4.52. The summed E-state index contributed by atoms with van der Waals surface area (Å²) in [4.78, 5) is 34.2. The van der Waals surface area contributed by atoms with Gasteiger partial charge >= 0.3 is 0 Å². The van der Waals surface area contributed by atoms with Crippen LogP contribution in [0.25, 0.3) is 33.4 Å². The van der Waals surface area contributed by atoms with Gasteiger partial charge in [-0.05, 0) is 30.7 Å². The van der Waals surface area contributed by atoms with Crippen LogP contribution in [0, 0.1) is 0 Å². The molecule has 5 rings (SSSR count). The standard InChI is InChI=1S/C26H21N5O2/c1-2-31-26(33)23(25(32)29-19-13-14-20-21(15-19)28-16-27-20)22(17-9-5-3-6-10-17)24(30-31)18-11-7-4-8-12-18/h3-16H,2H2,1H3,(H,27,28)(H,29,32). The van der Waals surface area contributed by atoms with Crippen LogP contribution in [0.5, 0.6) is 0 Å². The van der Waals surface area contributed by atoms with Gasteiger partial charge in [0, 0.05) is 23.4 Å². The zero-order chi connectivity index (χ0) is 22.8.